The van der Waals surface area contributed by atoms with Gasteiger partial charge >= 0.3 is 0 Å². The maximum absolute atomic E-state index is 4.58. The van der Waals surface area contributed by atoms with Gasteiger partial charge in [-0.05, 0) is 60.3 Å². The van der Waals surface area contributed by atoms with Gasteiger partial charge in [0.2, 0.25) is 0 Å². The first-order chi connectivity index (χ1) is 9.65. The maximum Gasteiger partial charge on any atom is 0.0597 e. The van der Waals surface area contributed by atoms with Crippen LogP contribution in [-0.4, -0.2) is 16.3 Å². The Labute approximate surface area is 133 Å². The van der Waals surface area contributed by atoms with Gasteiger partial charge in [-0.15, -0.1) is 11.3 Å². The number of nitrogens with zero attached hydrogens (tertiary/aromatic N) is 2. The van der Waals surface area contributed by atoms with Crippen LogP contribution in [0.3, 0.4) is 0 Å². The van der Waals surface area contributed by atoms with Crippen molar-refractivity contribution in [3.63, 3.8) is 0 Å². The Bertz CT molecular complexity index is 547. The number of hydrogen-bond donors (Lipinski definition) is 1. The van der Waals surface area contributed by atoms with Crippen LogP contribution < -0.4 is 5.32 Å². The van der Waals surface area contributed by atoms with Crippen molar-refractivity contribution in [2.45, 2.75) is 46.2 Å². The molecule has 0 saturated carbocycles. The van der Waals surface area contributed by atoms with Gasteiger partial charge in [0, 0.05) is 22.3 Å². The number of rotatable bonds is 7. The third-order valence-corrected chi connectivity index (χ3v) is 5.26. The molecule has 20 heavy (non-hydrogen) atoms. The minimum absolute atomic E-state index is 0.325. The molecule has 1 unspecified atom stereocenters. The lowest BCUT2D eigenvalue weighted by molar-refractivity contribution is 0.480. The zero-order chi connectivity index (χ0) is 14.5. The van der Waals surface area contributed by atoms with Crippen LogP contribution in [0.25, 0.3) is 0 Å². The summed E-state index contributed by atoms with van der Waals surface area (Å²) in [6, 6.07) is 4.66. The van der Waals surface area contributed by atoms with E-state index in [2.05, 4.69) is 69.3 Å². The highest BCUT2D eigenvalue weighted by Gasteiger charge is 2.18. The number of halogens is 1. The molecule has 0 spiro atoms. The number of aromatic nitrogens is 2. The van der Waals surface area contributed by atoms with Gasteiger partial charge in [-0.25, -0.2) is 0 Å². The molecule has 5 heteroatoms. The molecule has 2 aromatic heterocycles. The number of aryl methyl sites for hydroxylation is 2. The molecule has 3 nitrogen and oxygen atoms in total. The van der Waals surface area contributed by atoms with Crippen molar-refractivity contribution >= 4 is 27.3 Å². The minimum Gasteiger partial charge on any atom is -0.308 e. The minimum atomic E-state index is 0.325. The smallest absolute Gasteiger partial charge is 0.0597 e. The Hall–Kier alpha value is -0.650. The van der Waals surface area contributed by atoms with Gasteiger partial charge in [-0.2, -0.15) is 5.10 Å². The molecule has 0 bridgehead atoms. The molecule has 110 valence electrons. The average Bonchev–Trinajstić information content (AvgIpc) is 3.00. The van der Waals surface area contributed by atoms with E-state index in [-0.39, 0.29) is 0 Å². The Kier molecular flexibility index (Phi) is 5.81. The molecule has 0 aliphatic rings. The molecule has 0 saturated heterocycles. The highest BCUT2D eigenvalue weighted by atomic mass is 79.9. The van der Waals surface area contributed by atoms with E-state index in [1.807, 2.05) is 11.3 Å². The number of nitrogens with one attached hydrogen (secondary N) is 1. The molecule has 2 rings (SSSR count). The summed E-state index contributed by atoms with van der Waals surface area (Å²) < 4.78 is 3.33. The zero-order valence-corrected chi connectivity index (χ0v) is 14.7. The van der Waals surface area contributed by atoms with E-state index >= 15 is 0 Å². The predicted molar refractivity (Wildman–Crippen MR) is 89.4 cm³/mol. The molecule has 0 aromatic carbocycles. The van der Waals surface area contributed by atoms with Crippen LogP contribution in [0.2, 0.25) is 0 Å². The van der Waals surface area contributed by atoms with Crippen LogP contribution >= 0.6 is 27.3 Å². The van der Waals surface area contributed by atoms with Crippen LogP contribution in [0, 0.1) is 6.92 Å². The summed E-state index contributed by atoms with van der Waals surface area (Å²) in [5, 5.41) is 10.4. The second-order valence-corrected chi connectivity index (χ2v) is 6.78. The second-order valence-electron chi connectivity index (χ2n) is 4.93. The molecule has 1 atom stereocenters. The van der Waals surface area contributed by atoms with Gasteiger partial charge in [0.25, 0.3) is 0 Å². The number of hydrogen-bond acceptors (Lipinski definition) is 3. The third kappa shape index (κ3) is 3.71. The summed E-state index contributed by atoms with van der Waals surface area (Å²) in [6.07, 6.45) is 2.14. The second kappa shape index (κ2) is 7.38. The van der Waals surface area contributed by atoms with Gasteiger partial charge in [0.1, 0.15) is 0 Å². The van der Waals surface area contributed by atoms with E-state index < -0.39 is 0 Å². The molecular weight excluding hydrogens is 334 g/mol. The van der Waals surface area contributed by atoms with Crippen LogP contribution in [0.1, 0.15) is 42.6 Å². The predicted octanol–water partition coefficient (Wildman–Crippen LogP) is 4.32. The SMILES string of the molecule is CCCNC(Cc1sccc1Br)c1cc(C)nn1CC. The summed E-state index contributed by atoms with van der Waals surface area (Å²) in [7, 11) is 0. The van der Waals surface area contributed by atoms with Crippen molar-refractivity contribution < 1.29 is 0 Å². The molecule has 2 aromatic rings. The average molecular weight is 356 g/mol. The molecule has 0 radical (unpaired) electrons. The summed E-state index contributed by atoms with van der Waals surface area (Å²) in [4.78, 5) is 1.39. The first kappa shape index (κ1) is 15.7. The summed E-state index contributed by atoms with van der Waals surface area (Å²) in [5.41, 5.74) is 2.38. The molecule has 2 heterocycles. The monoisotopic (exact) mass is 355 g/mol. The van der Waals surface area contributed by atoms with E-state index in [4.69, 9.17) is 0 Å². The van der Waals surface area contributed by atoms with Crippen LogP contribution in [0.15, 0.2) is 22.0 Å². The van der Waals surface area contributed by atoms with Gasteiger partial charge in [0.05, 0.1) is 17.4 Å². The number of thiophene rings is 1. The highest BCUT2D eigenvalue weighted by molar-refractivity contribution is 9.10. The van der Waals surface area contributed by atoms with Gasteiger partial charge in [-0.1, -0.05) is 6.92 Å². The van der Waals surface area contributed by atoms with E-state index in [9.17, 15) is 0 Å². The molecule has 0 aliphatic carbocycles. The maximum atomic E-state index is 4.58. The Morgan fingerprint density at radius 3 is 2.85 bits per heavy atom. The van der Waals surface area contributed by atoms with Crippen molar-refractivity contribution in [2.24, 2.45) is 0 Å². The lowest BCUT2D eigenvalue weighted by Crippen LogP contribution is -2.26. The zero-order valence-electron chi connectivity index (χ0n) is 12.3. The Morgan fingerprint density at radius 2 is 2.25 bits per heavy atom. The van der Waals surface area contributed by atoms with Crippen molar-refractivity contribution in [1.29, 1.82) is 0 Å². The fourth-order valence-electron chi connectivity index (χ4n) is 2.36. The van der Waals surface area contributed by atoms with E-state index in [1.54, 1.807) is 0 Å². The summed E-state index contributed by atoms with van der Waals surface area (Å²) in [5.74, 6) is 0. The first-order valence-corrected chi connectivity index (χ1v) is 8.82. The quantitative estimate of drug-likeness (QED) is 0.801. The normalized spacial score (nSPS) is 12.8. The van der Waals surface area contributed by atoms with Crippen molar-refractivity contribution in [3.05, 3.63) is 38.3 Å². The topological polar surface area (TPSA) is 29.9 Å². The van der Waals surface area contributed by atoms with Gasteiger partial charge in [0.15, 0.2) is 0 Å². The van der Waals surface area contributed by atoms with E-state index in [0.29, 0.717) is 6.04 Å². The van der Waals surface area contributed by atoms with Crippen LogP contribution in [0.5, 0.6) is 0 Å². The summed E-state index contributed by atoms with van der Waals surface area (Å²) >= 11 is 5.45. The molecule has 0 aliphatic heterocycles. The van der Waals surface area contributed by atoms with E-state index in [0.717, 1.165) is 31.6 Å². The van der Waals surface area contributed by atoms with Gasteiger partial charge < -0.3 is 5.32 Å². The Balaban J connectivity index is 2.24. The van der Waals surface area contributed by atoms with Crippen LogP contribution in [-0.2, 0) is 13.0 Å². The van der Waals surface area contributed by atoms with E-state index in [1.165, 1.54) is 15.0 Å². The Morgan fingerprint density at radius 1 is 1.45 bits per heavy atom. The molecule has 0 amide bonds. The molecule has 1 N–H and O–H groups in total. The van der Waals surface area contributed by atoms with Gasteiger partial charge in [-0.3, -0.25) is 4.68 Å². The third-order valence-electron chi connectivity index (χ3n) is 3.31. The molecular formula is C15H22BrN3S. The first-order valence-electron chi connectivity index (χ1n) is 7.15. The van der Waals surface area contributed by atoms with Crippen molar-refractivity contribution in [3.8, 4) is 0 Å². The highest BCUT2D eigenvalue weighted by Crippen LogP contribution is 2.28. The summed E-state index contributed by atoms with van der Waals surface area (Å²) in [6.45, 7) is 8.36. The molecule has 0 fully saturated rings. The fourth-order valence-corrected chi connectivity index (χ4v) is 3.92. The standard InChI is InChI=1S/C15H22BrN3S/c1-4-7-17-13(10-15-12(16)6-8-20-15)14-9-11(3)18-19(14)5-2/h6,8-9,13,17H,4-5,7,10H2,1-3H3. The lowest BCUT2D eigenvalue weighted by Gasteiger charge is -2.19. The van der Waals surface area contributed by atoms with Crippen LogP contribution in [0.4, 0.5) is 0 Å². The van der Waals surface area contributed by atoms with Crippen molar-refractivity contribution in [1.82, 2.24) is 15.1 Å². The van der Waals surface area contributed by atoms with Crippen molar-refractivity contribution in [2.75, 3.05) is 6.54 Å². The largest absolute Gasteiger partial charge is 0.308 e. The lowest BCUT2D eigenvalue weighted by atomic mass is 10.1. The fraction of sp³-hybridized carbons (Fsp3) is 0.533.